The maximum Gasteiger partial charge on any atom is 0 e. The summed E-state index contributed by atoms with van der Waals surface area (Å²) < 4.78 is 22.3. The van der Waals surface area contributed by atoms with Gasteiger partial charge in [-0.05, 0) is 46.2 Å². The molecular weight excluding hydrogens is 832 g/mol. The van der Waals surface area contributed by atoms with Crippen LogP contribution in [-0.4, -0.2) is 23.2 Å². The quantitative estimate of drug-likeness (QED) is 0.128. The molecule has 3 aromatic heterocycles. The van der Waals surface area contributed by atoms with Gasteiger partial charge < -0.3 is 9.40 Å². The number of benzene rings is 4. The summed E-state index contributed by atoms with van der Waals surface area (Å²) in [5, 5.41) is 1.60. The fourth-order valence-corrected chi connectivity index (χ4v) is 7.78. The van der Waals surface area contributed by atoms with Gasteiger partial charge in [0.1, 0.15) is 0 Å². The number of furan rings is 1. The van der Waals surface area contributed by atoms with Gasteiger partial charge in [-0.1, -0.05) is 80.3 Å². The topological polar surface area (TPSA) is 38.9 Å². The maximum atomic E-state index is 14.9. The average molecular weight is 872 g/mol. The molecule has 0 spiro atoms. The number of halogens is 1. The first-order valence-electron chi connectivity index (χ1n) is 16.0. The Labute approximate surface area is 299 Å². The minimum absolute atomic E-state index is 0. The molecule has 0 aliphatic heterocycles. The normalized spacial score (nSPS) is 11.6. The van der Waals surface area contributed by atoms with Crippen molar-refractivity contribution < 1.29 is 28.9 Å². The van der Waals surface area contributed by atoms with Crippen molar-refractivity contribution in [3.8, 4) is 33.6 Å². The number of pyridine rings is 2. The van der Waals surface area contributed by atoms with Crippen molar-refractivity contribution in [2.75, 3.05) is 0 Å². The van der Waals surface area contributed by atoms with E-state index < -0.39 is 13.3 Å². The fourth-order valence-electron chi connectivity index (χ4n) is 5.61. The van der Waals surface area contributed by atoms with Crippen LogP contribution in [0.15, 0.2) is 120 Å². The van der Waals surface area contributed by atoms with Gasteiger partial charge in [-0.25, -0.2) is 4.39 Å². The Kier molecular flexibility index (Phi) is 10.8. The summed E-state index contributed by atoms with van der Waals surface area (Å²) in [4.78, 5) is 9.06. The number of hydrogen-bond acceptors (Lipinski definition) is 3. The van der Waals surface area contributed by atoms with Crippen LogP contribution in [0.2, 0.25) is 17.3 Å². The molecule has 48 heavy (non-hydrogen) atoms. The molecule has 0 saturated heterocycles. The van der Waals surface area contributed by atoms with E-state index in [1.807, 2.05) is 85.2 Å². The van der Waals surface area contributed by atoms with Crippen LogP contribution >= 0.6 is 0 Å². The molecule has 3 heterocycles. The second-order valence-corrected chi connectivity index (χ2v) is 24.8. The van der Waals surface area contributed by atoms with Crippen molar-refractivity contribution in [3.63, 3.8) is 0 Å². The number of rotatable bonds is 5. The Morgan fingerprint density at radius 1 is 0.750 bits per heavy atom. The molecule has 0 N–H and O–H groups in total. The van der Waals surface area contributed by atoms with E-state index in [-0.39, 0.29) is 36.9 Å². The third-order valence-electron chi connectivity index (χ3n) is 8.02. The molecule has 4 aromatic carbocycles. The van der Waals surface area contributed by atoms with Gasteiger partial charge in [0.15, 0.2) is 11.4 Å². The van der Waals surface area contributed by atoms with Gasteiger partial charge in [0.25, 0.3) is 0 Å². The largest absolute Gasteiger partial charge is 0 e. The summed E-state index contributed by atoms with van der Waals surface area (Å²) in [5.74, 6) is 6.78. The summed E-state index contributed by atoms with van der Waals surface area (Å²) in [6.45, 7) is 6.66. The third-order valence-corrected chi connectivity index (χ3v) is 12.3. The molecule has 0 atom stereocenters. The summed E-state index contributed by atoms with van der Waals surface area (Å²) in [7, 11) is 0. The van der Waals surface area contributed by atoms with E-state index in [1.165, 1.54) is 16.0 Å². The van der Waals surface area contributed by atoms with Gasteiger partial charge in [-0.2, -0.15) is 0 Å². The molecule has 0 bridgehead atoms. The predicted molar refractivity (Wildman–Crippen MR) is 196 cm³/mol. The van der Waals surface area contributed by atoms with Crippen molar-refractivity contribution in [1.29, 1.82) is 0 Å². The molecule has 7 aromatic rings. The second kappa shape index (κ2) is 14.7. The summed E-state index contributed by atoms with van der Waals surface area (Å²) in [6, 6.07) is 40.1. The fraction of sp³-hybridized carbons (Fsp3) is 0.190. The number of aromatic nitrogens is 2. The minimum atomic E-state index is -1.72. The molecule has 0 saturated carbocycles. The van der Waals surface area contributed by atoms with Gasteiger partial charge >= 0.3 is 99.8 Å². The van der Waals surface area contributed by atoms with Crippen LogP contribution in [0.3, 0.4) is 0 Å². The van der Waals surface area contributed by atoms with Crippen LogP contribution in [0.4, 0.5) is 4.39 Å². The van der Waals surface area contributed by atoms with Crippen molar-refractivity contribution in [1.82, 2.24) is 9.97 Å². The molecule has 1 radical (unpaired) electrons. The maximum absolute atomic E-state index is 14.9. The zero-order valence-corrected chi connectivity index (χ0v) is 32.7. The number of fused-ring (bicyclic) bond motifs is 3. The van der Waals surface area contributed by atoms with Crippen molar-refractivity contribution >= 4 is 39.6 Å². The van der Waals surface area contributed by atoms with Gasteiger partial charge in [-0.3, -0.25) is 0 Å². The molecule has 0 fully saturated rings. The Morgan fingerprint density at radius 3 is 2.19 bits per heavy atom. The van der Waals surface area contributed by atoms with E-state index in [2.05, 4.69) is 84.4 Å². The first-order valence-corrected chi connectivity index (χ1v) is 23.3. The monoisotopic (exact) mass is 873 g/mol. The van der Waals surface area contributed by atoms with Crippen molar-refractivity contribution in [2.45, 2.75) is 44.5 Å². The Bertz CT molecular complexity index is 2130. The molecule has 6 heteroatoms. The molecule has 0 aliphatic rings. The number of nitrogens with zero attached hydrogens (tertiary/aromatic N) is 2. The average Bonchev–Trinajstić information content (AvgIpc) is 3.43. The summed E-state index contributed by atoms with van der Waals surface area (Å²) >= 11 is -1.72. The van der Waals surface area contributed by atoms with Crippen molar-refractivity contribution in [2.24, 2.45) is 5.41 Å². The van der Waals surface area contributed by atoms with Crippen LogP contribution < -0.4 is 4.40 Å². The summed E-state index contributed by atoms with van der Waals surface area (Å²) in [6.07, 6.45) is 4.83. The smallest absolute Gasteiger partial charge is 0 e. The van der Waals surface area contributed by atoms with E-state index in [4.69, 9.17) is 4.42 Å². The Balaban J connectivity index is 0.000000224. The summed E-state index contributed by atoms with van der Waals surface area (Å²) in [5.41, 5.74) is 7.89. The second-order valence-electron chi connectivity index (χ2n) is 14.2. The predicted octanol–water partition coefficient (Wildman–Crippen LogP) is 10.9. The zero-order chi connectivity index (χ0) is 33.2. The van der Waals surface area contributed by atoms with E-state index >= 15 is 0 Å². The Morgan fingerprint density at radius 2 is 1.52 bits per heavy atom. The Hall–Kier alpha value is -3.90. The van der Waals surface area contributed by atoms with Crippen LogP contribution in [0, 0.1) is 23.4 Å². The van der Waals surface area contributed by atoms with E-state index in [9.17, 15) is 4.39 Å². The van der Waals surface area contributed by atoms with Gasteiger partial charge in [0.05, 0.1) is 5.58 Å². The van der Waals surface area contributed by atoms with E-state index in [0.717, 1.165) is 50.8 Å². The van der Waals surface area contributed by atoms with E-state index in [0.29, 0.717) is 5.58 Å². The molecule has 0 amide bonds. The first-order chi connectivity index (χ1) is 22.4. The standard InChI is InChI=1S/C28H23FNO.C14H16GeN.Ir/c1-28(2,3)17-18-11-12-30-25(13-18)20-9-10-22-23-14-21(19-7-5-4-6-8-19)15-24(29)27(23)31-26(22)16-20;1-15(2,3)13-9-10-14(16-11-13)12-7-5-4-6-8-12;/h4-8,10-16H,17H2,1-3H3;4-7,9-11H,1-3H3;/q2*-1;. The van der Waals surface area contributed by atoms with Crippen LogP contribution in [0.25, 0.3) is 55.6 Å². The molecule has 7 rings (SSSR count). The van der Waals surface area contributed by atoms with Gasteiger partial charge in [-0.15, -0.1) is 17.7 Å². The van der Waals surface area contributed by atoms with Crippen molar-refractivity contribution in [3.05, 3.63) is 139 Å². The zero-order valence-electron chi connectivity index (χ0n) is 28.2. The SMILES string of the molecule is CC(C)(C)Cc1ccnc(-c2[c-]cc3c(c2)oc2c(F)cc(-c4ccccc4)cc23)c1.[CH3][Ge]([CH3])([CH3])[c]1ccc(-c2[c-]cccc2)nc1.[Ir]. The van der Waals surface area contributed by atoms with Crippen LogP contribution in [0.1, 0.15) is 26.3 Å². The minimum Gasteiger partial charge on any atom is 0 e. The number of hydrogen-bond donors (Lipinski definition) is 0. The van der Waals surface area contributed by atoms with Gasteiger partial charge in [0, 0.05) is 26.3 Å². The third kappa shape index (κ3) is 8.38. The van der Waals surface area contributed by atoms with Gasteiger partial charge in [0.2, 0.25) is 0 Å². The molecule has 0 unspecified atom stereocenters. The van der Waals surface area contributed by atoms with Crippen LogP contribution in [0.5, 0.6) is 0 Å². The van der Waals surface area contributed by atoms with Crippen LogP contribution in [-0.2, 0) is 26.5 Å². The molecule has 0 aliphatic carbocycles. The molecule has 245 valence electrons. The molecular formula is C42H39FGeIrN2O-2. The molecule has 3 nitrogen and oxygen atoms in total. The first kappa shape index (κ1) is 35.4. The van der Waals surface area contributed by atoms with E-state index in [1.54, 1.807) is 0 Å².